The van der Waals surface area contributed by atoms with Crippen LogP contribution in [0, 0.1) is 12.8 Å². The molecule has 1 saturated carbocycles. The summed E-state index contributed by atoms with van der Waals surface area (Å²) in [6, 6.07) is 6.03. The molecule has 0 unspecified atom stereocenters. The molecule has 1 fully saturated rings. The van der Waals surface area contributed by atoms with Crippen LogP contribution in [0.5, 0.6) is 0 Å². The molecule has 1 aliphatic rings. The van der Waals surface area contributed by atoms with Gasteiger partial charge in [-0.3, -0.25) is 4.79 Å². The summed E-state index contributed by atoms with van der Waals surface area (Å²) < 4.78 is 2.04. The first-order valence-electron chi connectivity index (χ1n) is 5.75. The second-order valence-electron chi connectivity index (χ2n) is 4.42. The smallest absolute Gasteiger partial charge is 0.206 e. The molecule has 0 aromatic carbocycles. The number of aryl methyl sites for hydroxylation is 1. The Bertz CT molecular complexity index is 353. The van der Waals surface area contributed by atoms with E-state index < -0.39 is 0 Å². The molecule has 1 heterocycles. The molecule has 0 N–H and O–H groups in total. The van der Waals surface area contributed by atoms with Crippen LogP contribution in [0.4, 0.5) is 0 Å². The van der Waals surface area contributed by atoms with Crippen LogP contribution in [0.25, 0.3) is 0 Å². The summed E-state index contributed by atoms with van der Waals surface area (Å²) in [6.07, 6.45) is 6.66. The van der Waals surface area contributed by atoms with Crippen molar-refractivity contribution in [1.82, 2.24) is 0 Å². The van der Waals surface area contributed by atoms with E-state index >= 15 is 0 Å². The Morgan fingerprint density at radius 3 is 2.80 bits per heavy atom. The SMILES string of the molecule is Cc1cccc[n+]1CC(=O)C1CCCC1. The Balaban J connectivity index is 2.02. The third-order valence-corrected chi connectivity index (χ3v) is 3.30. The highest BCUT2D eigenvalue weighted by molar-refractivity contribution is 5.79. The molecule has 0 atom stereocenters. The highest BCUT2D eigenvalue weighted by Gasteiger charge is 2.25. The molecule has 2 rings (SSSR count). The molecule has 0 amide bonds. The van der Waals surface area contributed by atoms with Gasteiger partial charge < -0.3 is 0 Å². The van der Waals surface area contributed by atoms with Crippen LogP contribution in [0.3, 0.4) is 0 Å². The Morgan fingerprint density at radius 2 is 2.13 bits per heavy atom. The van der Waals surface area contributed by atoms with Crippen LogP contribution in [0.15, 0.2) is 24.4 Å². The molecule has 2 heteroatoms. The lowest BCUT2D eigenvalue weighted by Crippen LogP contribution is -2.41. The largest absolute Gasteiger partial charge is 0.292 e. The summed E-state index contributed by atoms with van der Waals surface area (Å²) in [7, 11) is 0. The Kier molecular flexibility index (Phi) is 3.14. The lowest BCUT2D eigenvalue weighted by Gasteiger charge is -2.05. The van der Waals surface area contributed by atoms with Gasteiger partial charge in [-0.1, -0.05) is 18.9 Å². The molecular weight excluding hydrogens is 186 g/mol. The maximum atomic E-state index is 11.9. The van der Waals surface area contributed by atoms with Gasteiger partial charge >= 0.3 is 0 Å². The fourth-order valence-corrected chi connectivity index (χ4v) is 2.28. The number of nitrogens with zero attached hydrogens (tertiary/aromatic N) is 1. The second kappa shape index (κ2) is 4.56. The van der Waals surface area contributed by atoms with E-state index in [4.69, 9.17) is 0 Å². The molecular formula is C13H18NO+. The van der Waals surface area contributed by atoms with Gasteiger partial charge in [0, 0.05) is 25.0 Å². The van der Waals surface area contributed by atoms with Crippen molar-refractivity contribution in [1.29, 1.82) is 0 Å². The first-order chi connectivity index (χ1) is 7.27. The second-order valence-corrected chi connectivity index (χ2v) is 4.42. The molecule has 15 heavy (non-hydrogen) atoms. The van der Waals surface area contributed by atoms with Crippen LogP contribution >= 0.6 is 0 Å². The highest BCUT2D eigenvalue weighted by atomic mass is 16.1. The zero-order valence-electron chi connectivity index (χ0n) is 9.28. The zero-order valence-corrected chi connectivity index (χ0v) is 9.28. The van der Waals surface area contributed by atoms with Crippen molar-refractivity contribution in [2.24, 2.45) is 5.92 Å². The number of carbonyl (C=O) groups excluding carboxylic acids is 1. The maximum absolute atomic E-state index is 11.9. The lowest BCUT2D eigenvalue weighted by atomic mass is 10.0. The third kappa shape index (κ3) is 2.44. The van der Waals surface area contributed by atoms with E-state index in [-0.39, 0.29) is 0 Å². The van der Waals surface area contributed by atoms with Crippen molar-refractivity contribution in [3.63, 3.8) is 0 Å². The summed E-state index contributed by atoms with van der Waals surface area (Å²) >= 11 is 0. The van der Waals surface area contributed by atoms with Gasteiger partial charge in [0.25, 0.3) is 0 Å². The monoisotopic (exact) mass is 204 g/mol. The van der Waals surface area contributed by atoms with Gasteiger partial charge in [0.1, 0.15) is 0 Å². The quantitative estimate of drug-likeness (QED) is 0.690. The average Bonchev–Trinajstić information content (AvgIpc) is 2.74. The Morgan fingerprint density at radius 1 is 1.40 bits per heavy atom. The molecule has 0 bridgehead atoms. The van der Waals surface area contributed by atoms with Crippen LogP contribution in [0.2, 0.25) is 0 Å². The number of ketones is 1. The van der Waals surface area contributed by atoms with Gasteiger partial charge in [-0.25, -0.2) is 0 Å². The first kappa shape index (κ1) is 10.3. The van der Waals surface area contributed by atoms with E-state index in [0.717, 1.165) is 18.5 Å². The van der Waals surface area contributed by atoms with Crippen molar-refractivity contribution in [3.05, 3.63) is 30.1 Å². The standard InChI is InChI=1S/C13H18NO/c1-11-6-4-5-9-14(11)10-13(15)12-7-2-3-8-12/h4-6,9,12H,2-3,7-8,10H2,1H3/q+1. The molecule has 0 saturated heterocycles. The summed E-state index contributed by atoms with van der Waals surface area (Å²) in [5.41, 5.74) is 1.16. The summed E-state index contributed by atoms with van der Waals surface area (Å²) in [5, 5.41) is 0. The van der Waals surface area contributed by atoms with Crippen LogP contribution in [-0.4, -0.2) is 5.78 Å². The van der Waals surface area contributed by atoms with Crippen molar-refractivity contribution in [2.45, 2.75) is 39.2 Å². The maximum Gasteiger partial charge on any atom is 0.206 e. The number of rotatable bonds is 3. The van der Waals surface area contributed by atoms with Gasteiger partial charge in [0.2, 0.25) is 12.3 Å². The fraction of sp³-hybridized carbons (Fsp3) is 0.538. The summed E-state index contributed by atoms with van der Waals surface area (Å²) in [6.45, 7) is 2.60. The molecule has 0 radical (unpaired) electrons. The number of pyridine rings is 1. The first-order valence-corrected chi connectivity index (χ1v) is 5.75. The van der Waals surface area contributed by atoms with E-state index in [1.54, 1.807) is 0 Å². The zero-order chi connectivity index (χ0) is 10.7. The van der Waals surface area contributed by atoms with E-state index in [0.29, 0.717) is 18.2 Å². The van der Waals surface area contributed by atoms with E-state index in [9.17, 15) is 4.79 Å². The van der Waals surface area contributed by atoms with Gasteiger partial charge in [-0.05, 0) is 12.8 Å². The van der Waals surface area contributed by atoms with Crippen molar-refractivity contribution < 1.29 is 9.36 Å². The molecule has 2 nitrogen and oxygen atoms in total. The minimum atomic E-state index is 0.331. The van der Waals surface area contributed by atoms with E-state index in [1.165, 1.54) is 12.8 Å². The number of hydrogen-bond donors (Lipinski definition) is 0. The van der Waals surface area contributed by atoms with Crippen LogP contribution in [0.1, 0.15) is 31.4 Å². The third-order valence-electron chi connectivity index (χ3n) is 3.30. The molecule has 1 aromatic heterocycles. The minimum absolute atomic E-state index is 0.331. The molecule has 0 aliphatic heterocycles. The van der Waals surface area contributed by atoms with Crippen molar-refractivity contribution in [2.75, 3.05) is 0 Å². The van der Waals surface area contributed by atoms with Crippen LogP contribution < -0.4 is 4.57 Å². The minimum Gasteiger partial charge on any atom is -0.292 e. The molecule has 80 valence electrons. The normalized spacial score (nSPS) is 16.9. The predicted octanol–water partition coefficient (Wildman–Crippen LogP) is 2.04. The number of hydrogen-bond acceptors (Lipinski definition) is 1. The highest BCUT2D eigenvalue weighted by Crippen LogP contribution is 2.25. The average molecular weight is 204 g/mol. The topological polar surface area (TPSA) is 20.9 Å². The number of carbonyl (C=O) groups is 1. The van der Waals surface area contributed by atoms with E-state index in [1.807, 2.05) is 35.9 Å². The number of aromatic nitrogens is 1. The van der Waals surface area contributed by atoms with Gasteiger partial charge in [0.15, 0.2) is 11.9 Å². The fourth-order valence-electron chi connectivity index (χ4n) is 2.28. The van der Waals surface area contributed by atoms with Crippen LogP contribution in [-0.2, 0) is 11.3 Å². The van der Waals surface area contributed by atoms with E-state index in [2.05, 4.69) is 0 Å². The molecule has 1 aliphatic carbocycles. The Hall–Kier alpha value is -1.18. The molecule has 1 aromatic rings. The lowest BCUT2D eigenvalue weighted by molar-refractivity contribution is -0.690. The predicted molar refractivity (Wildman–Crippen MR) is 58.3 cm³/mol. The van der Waals surface area contributed by atoms with Crippen molar-refractivity contribution in [3.8, 4) is 0 Å². The van der Waals surface area contributed by atoms with Crippen molar-refractivity contribution >= 4 is 5.78 Å². The van der Waals surface area contributed by atoms with Gasteiger partial charge in [-0.2, -0.15) is 4.57 Å². The molecule has 0 spiro atoms. The number of Topliss-reactive ketones (excluding diaryl/α,β-unsaturated/α-hetero) is 1. The summed E-state index contributed by atoms with van der Waals surface area (Å²) in [4.78, 5) is 11.9. The Labute approximate surface area is 90.9 Å². The van der Waals surface area contributed by atoms with Gasteiger partial charge in [-0.15, -0.1) is 0 Å². The summed E-state index contributed by atoms with van der Waals surface area (Å²) in [5.74, 6) is 0.740. The van der Waals surface area contributed by atoms with Gasteiger partial charge in [0.05, 0.1) is 0 Å².